The number of alkyl halides is 3. The van der Waals surface area contributed by atoms with Gasteiger partial charge in [0.1, 0.15) is 6.54 Å². The van der Waals surface area contributed by atoms with Crippen molar-refractivity contribution in [2.24, 2.45) is 5.41 Å². The molecule has 1 rings (SSSR count). The van der Waals surface area contributed by atoms with Gasteiger partial charge in [-0.1, -0.05) is 13.3 Å². The van der Waals surface area contributed by atoms with E-state index in [4.69, 9.17) is 0 Å². The largest absolute Gasteiger partial charge is 0.406 e. The number of nitrogens with one attached hydrogen (secondary N) is 1. The third-order valence-corrected chi connectivity index (χ3v) is 3.42. The maximum absolute atomic E-state index is 12.3. The highest BCUT2D eigenvalue weighted by Gasteiger charge is 2.42. The van der Waals surface area contributed by atoms with E-state index >= 15 is 0 Å². The Morgan fingerprint density at radius 3 is 2.56 bits per heavy atom. The van der Waals surface area contributed by atoms with Crippen molar-refractivity contribution >= 4 is 5.91 Å². The summed E-state index contributed by atoms with van der Waals surface area (Å²) >= 11 is 0. The monoisotopic (exact) mass is 266 g/mol. The van der Waals surface area contributed by atoms with Crippen LogP contribution in [0.4, 0.5) is 13.2 Å². The zero-order valence-corrected chi connectivity index (χ0v) is 10.9. The fourth-order valence-electron chi connectivity index (χ4n) is 2.69. The minimum absolute atomic E-state index is 0.381. The number of hydrogen-bond donors (Lipinski definition) is 1. The predicted octanol–water partition coefficient (Wildman–Crippen LogP) is 2.18. The molecule has 3 nitrogen and oxygen atoms in total. The average Bonchev–Trinajstić information content (AvgIpc) is 2.27. The van der Waals surface area contributed by atoms with Gasteiger partial charge in [-0.05, 0) is 25.8 Å². The van der Waals surface area contributed by atoms with Gasteiger partial charge >= 0.3 is 6.18 Å². The Morgan fingerprint density at radius 1 is 1.44 bits per heavy atom. The van der Waals surface area contributed by atoms with Crippen LogP contribution in [0.1, 0.15) is 32.6 Å². The number of amides is 1. The summed E-state index contributed by atoms with van der Waals surface area (Å²) in [4.78, 5) is 13.1. The van der Waals surface area contributed by atoms with Crippen molar-refractivity contribution < 1.29 is 18.0 Å². The summed E-state index contributed by atoms with van der Waals surface area (Å²) in [7, 11) is 1.24. The second-order valence-electron chi connectivity index (χ2n) is 5.09. The van der Waals surface area contributed by atoms with Gasteiger partial charge < -0.3 is 10.2 Å². The van der Waals surface area contributed by atoms with E-state index in [1.165, 1.54) is 7.05 Å². The first-order valence-electron chi connectivity index (χ1n) is 6.34. The first kappa shape index (κ1) is 15.3. The third kappa shape index (κ3) is 3.86. The fourth-order valence-corrected chi connectivity index (χ4v) is 2.69. The van der Waals surface area contributed by atoms with Gasteiger partial charge in [-0.25, -0.2) is 0 Å². The van der Waals surface area contributed by atoms with Crippen molar-refractivity contribution in [1.82, 2.24) is 10.2 Å². The number of carbonyl (C=O) groups excluding carboxylic acids is 1. The molecular formula is C12H21F3N2O. The quantitative estimate of drug-likeness (QED) is 0.846. The lowest BCUT2D eigenvalue weighted by Crippen LogP contribution is -2.52. The van der Waals surface area contributed by atoms with Crippen LogP contribution in [0.15, 0.2) is 0 Å². The van der Waals surface area contributed by atoms with Gasteiger partial charge in [-0.3, -0.25) is 4.79 Å². The Balaban J connectivity index is 2.75. The molecule has 18 heavy (non-hydrogen) atoms. The first-order valence-corrected chi connectivity index (χ1v) is 6.34. The van der Waals surface area contributed by atoms with E-state index in [1.807, 2.05) is 6.92 Å². The summed E-state index contributed by atoms with van der Waals surface area (Å²) < 4.78 is 37.0. The van der Waals surface area contributed by atoms with E-state index in [0.29, 0.717) is 19.4 Å². The van der Waals surface area contributed by atoms with Crippen LogP contribution in [0.25, 0.3) is 0 Å². The molecule has 1 saturated heterocycles. The standard InChI is InChI=1S/C12H21F3N2O/c1-3-5-11(6-4-7-16-8-11)10(18)17(2)9-12(13,14)15/h16H,3-9H2,1-2H3. The smallest absolute Gasteiger partial charge is 0.336 e. The van der Waals surface area contributed by atoms with Gasteiger partial charge in [0, 0.05) is 13.6 Å². The van der Waals surface area contributed by atoms with Gasteiger partial charge in [0.05, 0.1) is 5.41 Å². The Morgan fingerprint density at radius 2 is 2.11 bits per heavy atom. The summed E-state index contributed by atoms with van der Waals surface area (Å²) in [5.74, 6) is -0.381. The van der Waals surface area contributed by atoms with Crippen LogP contribution < -0.4 is 5.32 Å². The number of halogens is 3. The Bertz CT molecular complexity index is 280. The van der Waals surface area contributed by atoms with Crippen molar-refractivity contribution in [2.45, 2.75) is 38.8 Å². The number of carbonyl (C=O) groups is 1. The molecule has 0 radical (unpaired) electrons. The normalized spacial score (nSPS) is 24.9. The van der Waals surface area contributed by atoms with E-state index in [2.05, 4.69) is 5.32 Å². The highest BCUT2D eigenvalue weighted by Crippen LogP contribution is 2.34. The lowest BCUT2D eigenvalue weighted by molar-refractivity contribution is -0.166. The molecule has 1 amide bonds. The van der Waals surface area contributed by atoms with Crippen molar-refractivity contribution in [3.8, 4) is 0 Å². The van der Waals surface area contributed by atoms with Crippen LogP contribution >= 0.6 is 0 Å². The van der Waals surface area contributed by atoms with Gasteiger partial charge in [0.25, 0.3) is 0 Å². The summed E-state index contributed by atoms with van der Waals surface area (Å²) in [6.45, 7) is 2.11. The molecule has 1 fully saturated rings. The lowest BCUT2D eigenvalue weighted by Gasteiger charge is -2.39. The Kier molecular flexibility index (Phi) is 5.01. The minimum Gasteiger partial charge on any atom is -0.336 e. The molecule has 1 unspecified atom stereocenters. The number of rotatable bonds is 4. The molecule has 0 aromatic rings. The van der Waals surface area contributed by atoms with Crippen LogP contribution in [-0.2, 0) is 4.79 Å². The molecule has 0 bridgehead atoms. The van der Waals surface area contributed by atoms with Crippen LogP contribution in [0.5, 0.6) is 0 Å². The first-order chi connectivity index (χ1) is 8.31. The zero-order valence-electron chi connectivity index (χ0n) is 10.9. The Hall–Kier alpha value is -0.780. The number of nitrogens with zero attached hydrogens (tertiary/aromatic N) is 1. The van der Waals surface area contributed by atoms with Crippen molar-refractivity contribution in [3.05, 3.63) is 0 Å². The van der Waals surface area contributed by atoms with Gasteiger partial charge in [-0.2, -0.15) is 13.2 Å². The predicted molar refractivity (Wildman–Crippen MR) is 63.1 cm³/mol. The average molecular weight is 266 g/mol. The van der Waals surface area contributed by atoms with Gasteiger partial charge in [-0.15, -0.1) is 0 Å². The summed E-state index contributed by atoms with van der Waals surface area (Å²) in [5, 5.41) is 3.13. The van der Waals surface area contributed by atoms with Crippen LogP contribution in [0.3, 0.4) is 0 Å². The summed E-state index contributed by atoms with van der Waals surface area (Å²) in [5.41, 5.74) is -0.646. The molecule has 6 heteroatoms. The third-order valence-electron chi connectivity index (χ3n) is 3.42. The Labute approximate surface area is 106 Å². The van der Waals surface area contributed by atoms with Crippen LogP contribution in [0, 0.1) is 5.41 Å². The topological polar surface area (TPSA) is 32.3 Å². The summed E-state index contributed by atoms with van der Waals surface area (Å²) in [6, 6.07) is 0. The highest BCUT2D eigenvalue weighted by atomic mass is 19.4. The molecular weight excluding hydrogens is 245 g/mol. The van der Waals surface area contributed by atoms with Gasteiger partial charge in [0.15, 0.2) is 0 Å². The van der Waals surface area contributed by atoms with Crippen LogP contribution in [0.2, 0.25) is 0 Å². The minimum atomic E-state index is -4.33. The molecule has 106 valence electrons. The van der Waals surface area contributed by atoms with E-state index < -0.39 is 18.1 Å². The number of hydrogen-bond acceptors (Lipinski definition) is 2. The van der Waals surface area contributed by atoms with Crippen molar-refractivity contribution in [2.75, 3.05) is 26.7 Å². The molecule has 0 spiro atoms. The molecule has 0 aromatic carbocycles. The molecule has 1 heterocycles. The molecule has 0 saturated carbocycles. The fraction of sp³-hybridized carbons (Fsp3) is 0.917. The zero-order chi connectivity index (χ0) is 13.8. The van der Waals surface area contributed by atoms with E-state index in [9.17, 15) is 18.0 Å². The number of piperidine rings is 1. The summed E-state index contributed by atoms with van der Waals surface area (Å²) in [6.07, 6.45) is -1.38. The maximum Gasteiger partial charge on any atom is 0.406 e. The van der Waals surface area contributed by atoms with E-state index in [-0.39, 0.29) is 5.91 Å². The van der Waals surface area contributed by atoms with Crippen molar-refractivity contribution in [1.29, 1.82) is 0 Å². The highest BCUT2D eigenvalue weighted by molar-refractivity contribution is 5.83. The SMILES string of the molecule is CCCC1(C(=O)N(C)CC(F)(F)F)CCCNC1. The van der Waals surface area contributed by atoms with Crippen molar-refractivity contribution in [3.63, 3.8) is 0 Å². The molecule has 0 aromatic heterocycles. The van der Waals surface area contributed by atoms with E-state index in [1.54, 1.807) is 0 Å². The maximum atomic E-state index is 12.3. The van der Waals surface area contributed by atoms with E-state index in [0.717, 1.165) is 24.3 Å². The molecule has 1 atom stereocenters. The second-order valence-corrected chi connectivity index (χ2v) is 5.09. The van der Waals surface area contributed by atoms with Crippen LogP contribution in [-0.4, -0.2) is 43.7 Å². The molecule has 0 aliphatic carbocycles. The second kappa shape index (κ2) is 5.91. The molecule has 1 aliphatic rings. The lowest BCUT2D eigenvalue weighted by atomic mass is 9.76. The van der Waals surface area contributed by atoms with Gasteiger partial charge in [0.2, 0.25) is 5.91 Å². The molecule has 1 aliphatic heterocycles. The molecule has 1 N–H and O–H groups in total.